The summed E-state index contributed by atoms with van der Waals surface area (Å²) in [6.07, 6.45) is 1.03. The van der Waals surface area contributed by atoms with E-state index < -0.39 is 8.32 Å². The highest BCUT2D eigenvalue weighted by Crippen LogP contribution is 2.37. The van der Waals surface area contributed by atoms with Gasteiger partial charge in [0.15, 0.2) is 8.32 Å². The van der Waals surface area contributed by atoms with Crippen LogP contribution in [0.15, 0.2) is 17.5 Å². The molecule has 1 heterocycles. The van der Waals surface area contributed by atoms with Crippen molar-refractivity contribution in [1.29, 1.82) is 0 Å². The van der Waals surface area contributed by atoms with Crippen molar-refractivity contribution in [1.82, 2.24) is 0 Å². The normalized spacial score (nSPS) is 14.8. The zero-order valence-electron chi connectivity index (χ0n) is 12.3. The zero-order valence-corrected chi connectivity index (χ0v) is 14.1. The lowest BCUT2D eigenvalue weighted by atomic mass is 10.1. The second-order valence-corrected chi connectivity index (χ2v) is 12.1. The molecule has 1 atom stereocenters. The minimum Gasteiger partial charge on any atom is -0.417 e. The predicted octanol–water partition coefficient (Wildman–Crippen LogP) is 4.20. The number of hydrogen-bond donors (Lipinski definition) is 1. The third-order valence-electron chi connectivity index (χ3n) is 3.97. The average molecular weight is 286 g/mol. The molecule has 0 aliphatic heterocycles. The molecule has 0 bridgehead atoms. The molecule has 18 heavy (non-hydrogen) atoms. The van der Waals surface area contributed by atoms with Crippen molar-refractivity contribution in [3.8, 4) is 0 Å². The fourth-order valence-corrected chi connectivity index (χ4v) is 3.51. The zero-order chi connectivity index (χ0) is 13.8. The van der Waals surface area contributed by atoms with Gasteiger partial charge in [0.2, 0.25) is 0 Å². The van der Waals surface area contributed by atoms with Crippen LogP contribution in [0.1, 0.15) is 38.0 Å². The molecule has 0 spiro atoms. The summed E-state index contributed by atoms with van der Waals surface area (Å²) in [6, 6.07) is 4.27. The van der Waals surface area contributed by atoms with E-state index in [1.54, 1.807) is 11.3 Å². The highest BCUT2D eigenvalue weighted by atomic mass is 32.1. The van der Waals surface area contributed by atoms with E-state index in [2.05, 4.69) is 51.4 Å². The Morgan fingerprint density at radius 1 is 1.39 bits per heavy atom. The van der Waals surface area contributed by atoms with Crippen LogP contribution in [-0.2, 0) is 4.43 Å². The van der Waals surface area contributed by atoms with E-state index in [0.29, 0.717) is 12.5 Å². The van der Waals surface area contributed by atoms with Crippen LogP contribution in [0.25, 0.3) is 0 Å². The van der Waals surface area contributed by atoms with Crippen molar-refractivity contribution in [2.45, 2.75) is 51.2 Å². The molecule has 2 N–H and O–H groups in total. The molecule has 0 saturated carbocycles. The fraction of sp³-hybridized carbons (Fsp3) is 0.714. The summed E-state index contributed by atoms with van der Waals surface area (Å²) in [5.74, 6) is 0.453. The van der Waals surface area contributed by atoms with Gasteiger partial charge in [0.1, 0.15) is 0 Å². The van der Waals surface area contributed by atoms with Crippen molar-refractivity contribution in [3.05, 3.63) is 22.4 Å². The van der Waals surface area contributed by atoms with Gasteiger partial charge in [-0.15, -0.1) is 11.3 Å². The summed E-state index contributed by atoms with van der Waals surface area (Å²) in [5, 5.41) is 2.40. The lowest BCUT2D eigenvalue weighted by Gasteiger charge is -2.36. The van der Waals surface area contributed by atoms with E-state index in [9.17, 15) is 0 Å². The summed E-state index contributed by atoms with van der Waals surface area (Å²) in [6.45, 7) is 13.0. The van der Waals surface area contributed by atoms with Gasteiger partial charge in [-0.1, -0.05) is 26.8 Å². The molecule has 2 nitrogen and oxygen atoms in total. The highest BCUT2D eigenvalue weighted by Gasteiger charge is 2.37. The van der Waals surface area contributed by atoms with Gasteiger partial charge in [-0.2, -0.15) is 0 Å². The van der Waals surface area contributed by atoms with E-state index in [4.69, 9.17) is 10.2 Å². The molecule has 0 saturated heterocycles. The van der Waals surface area contributed by atoms with Crippen molar-refractivity contribution in [2.24, 2.45) is 5.73 Å². The van der Waals surface area contributed by atoms with Crippen LogP contribution >= 0.6 is 11.3 Å². The second kappa shape index (κ2) is 6.33. The summed E-state index contributed by atoms with van der Waals surface area (Å²) in [5.41, 5.74) is 5.86. The first kappa shape index (κ1) is 15.9. The van der Waals surface area contributed by atoms with E-state index in [0.717, 1.165) is 13.0 Å². The number of nitrogens with two attached hydrogens (primary N) is 1. The second-order valence-electron chi connectivity index (χ2n) is 6.35. The summed E-state index contributed by atoms with van der Waals surface area (Å²) >= 11 is 1.79. The highest BCUT2D eigenvalue weighted by molar-refractivity contribution is 7.10. The van der Waals surface area contributed by atoms with Gasteiger partial charge in [-0.3, -0.25) is 0 Å². The maximum Gasteiger partial charge on any atom is 0.191 e. The van der Waals surface area contributed by atoms with Crippen molar-refractivity contribution in [3.63, 3.8) is 0 Å². The summed E-state index contributed by atoms with van der Waals surface area (Å²) in [4.78, 5) is 1.39. The first-order valence-electron chi connectivity index (χ1n) is 6.65. The molecule has 0 aliphatic carbocycles. The quantitative estimate of drug-likeness (QED) is 0.795. The minimum absolute atomic E-state index is 0.286. The third kappa shape index (κ3) is 4.19. The lowest BCUT2D eigenvalue weighted by Crippen LogP contribution is -2.41. The molecule has 1 rings (SSSR count). The Bertz CT molecular complexity index is 343. The van der Waals surface area contributed by atoms with Gasteiger partial charge in [0, 0.05) is 23.9 Å². The van der Waals surface area contributed by atoms with Crippen LogP contribution < -0.4 is 5.73 Å². The standard InChI is InChI=1S/C14H27NOSSi/c1-14(2,3)18(4,5)16-9-8-12(11-15)13-7-6-10-17-13/h6-7,10,12H,8-9,11,15H2,1-5H3. The SMILES string of the molecule is CC(C)(C)[Si](C)(C)OCCC(CN)c1cccs1. The Morgan fingerprint density at radius 3 is 2.50 bits per heavy atom. The molecule has 0 radical (unpaired) electrons. The summed E-state index contributed by atoms with van der Waals surface area (Å²) in [7, 11) is -1.61. The fourth-order valence-electron chi connectivity index (χ4n) is 1.57. The van der Waals surface area contributed by atoms with Crippen LogP contribution in [-0.4, -0.2) is 21.5 Å². The van der Waals surface area contributed by atoms with E-state index in [1.807, 2.05) is 0 Å². The largest absolute Gasteiger partial charge is 0.417 e. The molecule has 1 aromatic rings. The molecule has 104 valence electrons. The molecular weight excluding hydrogens is 258 g/mol. The molecule has 0 amide bonds. The van der Waals surface area contributed by atoms with Crippen LogP contribution in [0.4, 0.5) is 0 Å². The van der Waals surface area contributed by atoms with E-state index >= 15 is 0 Å². The third-order valence-corrected chi connectivity index (χ3v) is 9.54. The predicted molar refractivity (Wildman–Crippen MR) is 83.9 cm³/mol. The Hall–Kier alpha value is -0.163. The smallest absolute Gasteiger partial charge is 0.191 e. The molecule has 0 fully saturated rings. The average Bonchev–Trinajstić information content (AvgIpc) is 2.76. The van der Waals surface area contributed by atoms with E-state index in [1.165, 1.54) is 4.88 Å². The molecular formula is C14H27NOSSi. The van der Waals surface area contributed by atoms with Gasteiger partial charge >= 0.3 is 0 Å². The first-order valence-corrected chi connectivity index (χ1v) is 10.4. The maximum atomic E-state index is 6.21. The number of hydrogen-bond acceptors (Lipinski definition) is 3. The number of thiophene rings is 1. The van der Waals surface area contributed by atoms with Gasteiger partial charge in [-0.25, -0.2) is 0 Å². The monoisotopic (exact) mass is 285 g/mol. The first-order chi connectivity index (χ1) is 8.28. The van der Waals surface area contributed by atoms with Gasteiger partial charge in [0.05, 0.1) is 0 Å². The Balaban J connectivity index is 2.46. The summed E-state index contributed by atoms with van der Waals surface area (Å²) < 4.78 is 6.21. The molecule has 0 aliphatic rings. The lowest BCUT2D eigenvalue weighted by molar-refractivity contribution is 0.272. The minimum atomic E-state index is -1.61. The van der Waals surface area contributed by atoms with Gasteiger partial charge in [0.25, 0.3) is 0 Å². The molecule has 1 unspecified atom stereocenters. The Morgan fingerprint density at radius 2 is 2.06 bits per heavy atom. The molecule has 4 heteroatoms. The maximum absolute atomic E-state index is 6.21. The van der Waals surface area contributed by atoms with Gasteiger partial charge in [-0.05, 0) is 36.0 Å². The number of rotatable bonds is 6. The van der Waals surface area contributed by atoms with Gasteiger partial charge < -0.3 is 10.2 Å². The van der Waals surface area contributed by atoms with Crippen molar-refractivity contribution < 1.29 is 4.43 Å². The molecule has 1 aromatic heterocycles. The Kier molecular flexibility index (Phi) is 5.59. The Labute approximate surface area is 117 Å². The van der Waals surface area contributed by atoms with Crippen LogP contribution in [0.2, 0.25) is 18.1 Å². The topological polar surface area (TPSA) is 35.2 Å². The van der Waals surface area contributed by atoms with Crippen molar-refractivity contribution in [2.75, 3.05) is 13.2 Å². The van der Waals surface area contributed by atoms with E-state index in [-0.39, 0.29) is 5.04 Å². The van der Waals surface area contributed by atoms with Crippen LogP contribution in [0.5, 0.6) is 0 Å². The van der Waals surface area contributed by atoms with Crippen molar-refractivity contribution >= 4 is 19.7 Å². The van der Waals surface area contributed by atoms with Crippen LogP contribution in [0, 0.1) is 0 Å². The molecule has 0 aromatic carbocycles. The van der Waals surface area contributed by atoms with Crippen LogP contribution in [0.3, 0.4) is 0 Å².